The van der Waals surface area contributed by atoms with Crippen LogP contribution in [-0.4, -0.2) is 45.6 Å². The van der Waals surface area contributed by atoms with E-state index >= 15 is 0 Å². The Balaban J connectivity index is 1.71. The van der Waals surface area contributed by atoms with Gasteiger partial charge in [0.15, 0.2) is 5.76 Å². The van der Waals surface area contributed by atoms with Crippen molar-refractivity contribution >= 4 is 11.9 Å². The largest absolute Gasteiger partial charge is 0.478 e. The number of hydrogen-bond donors (Lipinski definition) is 1. The van der Waals surface area contributed by atoms with E-state index in [4.69, 9.17) is 9.15 Å². The quantitative estimate of drug-likeness (QED) is 0.923. The molecule has 3 rings (SSSR count). The highest BCUT2D eigenvalue weighted by molar-refractivity contribution is 5.91. The molecule has 2 aromatic heterocycles. The van der Waals surface area contributed by atoms with Crippen molar-refractivity contribution in [3.05, 3.63) is 48.2 Å². The summed E-state index contributed by atoms with van der Waals surface area (Å²) < 4.78 is 10.9. The minimum Gasteiger partial charge on any atom is -0.478 e. The van der Waals surface area contributed by atoms with Gasteiger partial charge in [-0.3, -0.25) is 9.78 Å². The zero-order valence-electron chi connectivity index (χ0n) is 13.3. The lowest BCUT2D eigenvalue weighted by molar-refractivity contribution is -0.159. The Bertz CT molecular complexity index is 716. The van der Waals surface area contributed by atoms with Crippen LogP contribution in [0.1, 0.15) is 29.1 Å². The molecule has 7 nitrogen and oxygen atoms in total. The SMILES string of the molecule is Cc1ccc(OC2(C(=O)O)CCN(C(=O)c3ccco3)CC2)cn1. The summed E-state index contributed by atoms with van der Waals surface area (Å²) in [5.41, 5.74) is -0.526. The number of nitrogens with zero attached hydrogens (tertiary/aromatic N) is 2. The lowest BCUT2D eigenvalue weighted by atomic mass is 9.91. The molecule has 0 radical (unpaired) electrons. The van der Waals surface area contributed by atoms with Crippen LogP contribution < -0.4 is 4.74 Å². The number of aliphatic carboxylic acids is 1. The number of carbonyl (C=O) groups excluding carboxylic acids is 1. The number of rotatable bonds is 4. The van der Waals surface area contributed by atoms with Crippen LogP contribution in [0.15, 0.2) is 41.1 Å². The molecular formula is C17H18N2O5. The molecule has 126 valence electrons. The van der Waals surface area contributed by atoms with Gasteiger partial charge >= 0.3 is 5.97 Å². The first kappa shape index (κ1) is 16.0. The summed E-state index contributed by atoms with van der Waals surface area (Å²) in [7, 11) is 0. The predicted octanol–water partition coefficient (Wildman–Crippen LogP) is 2.12. The van der Waals surface area contributed by atoms with Gasteiger partial charge in [-0.05, 0) is 31.2 Å². The molecule has 1 N–H and O–H groups in total. The fourth-order valence-electron chi connectivity index (χ4n) is 2.73. The van der Waals surface area contributed by atoms with Gasteiger partial charge in [-0.25, -0.2) is 4.79 Å². The van der Waals surface area contributed by atoms with E-state index in [0.29, 0.717) is 5.75 Å². The Morgan fingerprint density at radius 1 is 1.29 bits per heavy atom. The van der Waals surface area contributed by atoms with Crippen LogP contribution >= 0.6 is 0 Å². The average Bonchev–Trinajstić information content (AvgIpc) is 3.11. The minimum absolute atomic E-state index is 0.197. The number of likely N-dealkylation sites (tertiary alicyclic amines) is 1. The zero-order valence-corrected chi connectivity index (χ0v) is 13.3. The van der Waals surface area contributed by atoms with E-state index in [0.717, 1.165) is 5.69 Å². The number of carboxylic acids is 1. The number of pyridine rings is 1. The van der Waals surface area contributed by atoms with E-state index < -0.39 is 11.6 Å². The summed E-state index contributed by atoms with van der Waals surface area (Å²) in [5.74, 6) is -0.612. The second-order valence-electron chi connectivity index (χ2n) is 5.81. The lowest BCUT2D eigenvalue weighted by Crippen LogP contribution is -2.54. The van der Waals surface area contributed by atoms with Gasteiger partial charge in [0.1, 0.15) is 5.75 Å². The van der Waals surface area contributed by atoms with Crippen molar-refractivity contribution in [3.8, 4) is 5.75 Å². The molecule has 3 heterocycles. The summed E-state index contributed by atoms with van der Waals surface area (Å²) in [4.78, 5) is 29.8. The third-order valence-electron chi connectivity index (χ3n) is 4.18. The standard InChI is InChI=1S/C17H18N2O5/c1-12-4-5-13(11-18-12)24-17(16(21)22)6-8-19(9-7-17)15(20)14-3-2-10-23-14/h2-5,10-11H,6-9H2,1H3,(H,21,22). The second kappa shape index (κ2) is 6.35. The van der Waals surface area contributed by atoms with Gasteiger partial charge < -0.3 is 19.2 Å². The van der Waals surface area contributed by atoms with Crippen LogP contribution in [-0.2, 0) is 4.79 Å². The number of furan rings is 1. The molecule has 0 atom stereocenters. The van der Waals surface area contributed by atoms with Gasteiger partial charge in [0.2, 0.25) is 5.60 Å². The smallest absolute Gasteiger partial charge is 0.348 e. The Hall–Kier alpha value is -2.83. The third-order valence-corrected chi connectivity index (χ3v) is 4.18. The molecule has 0 bridgehead atoms. The van der Waals surface area contributed by atoms with Gasteiger partial charge in [-0.1, -0.05) is 0 Å². The van der Waals surface area contributed by atoms with Gasteiger partial charge in [0.25, 0.3) is 5.91 Å². The second-order valence-corrected chi connectivity index (χ2v) is 5.81. The van der Waals surface area contributed by atoms with Crippen molar-refractivity contribution in [3.63, 3.8) is 0 Å². The highest BCUT2D eigenvalue weighted by Gasteiger charge is 2.45. The lowest BCUT2D eigenvalue weighted by Gasteiger charge is -2.38. The number of aryl methyl sites for hydroxylation is 1. The van der Waals surface area contributed by atoms with Crippen LogP contribution in [0, 0.1) is 6.92 Å². The molecule has 0 saturated carbocycles. The number of piperidine rings is 1. The summed E-state index contributed by atoms with van der Waals surface area (Å²) in [6.45, 7) is 2.41. The normalized spacial score (nSPS) is 16.6. The van der Waals surface area contributed by atoms with E-state index in [1.165, 1.54) is 12.5 Å². The van der Waals surface area contributed by atoms with E-state index in [1.54, 1.807) is 29.2 Å². The van der Waals surface area contributed by atoms with Crippen molar-refractivity contribution in [1.29, 1.82) is 0 Å². The van der Waals surface area contributed by atoms with Gasteiger partial charge in [-0.2, -0.15) is 0 Å². The minimum atomic E-state index is -1.35. The number of hydrogen-bond acceptors (Lipinski definition) is 5. The van der Waals surface area contributed by atoms with Crippen LogP contribution in [0.3, 0.4) is 0 Å². The Morgan fingerprint density at radius 3 is 2.58 bits per heavy atom. The van der Waals surface area contributed by atoms with Crippen molar-refractivity contribution in [1.82, 2.24) is 9.88 Å². The number of carboxylic acid groups (broad SMARTS) is 1. The molecule has 0 aromatic carbocycles. The Morgan fingerprint density at radius 2 is 2.04 bits per heavy atom. The monoisotopic (exact) mass is 330 g/mol. The molecular weight excluding hydrogens is 312 g/mol. The molecule has 1 aliphatic heterocycles. The first-order valence-electron chi connectivity index (χ1n) is 7.68. The van der Waals surface area contributed by atoms with Gasteiger partial charge in [0.05, 0.1) is 12.5 Å². The molecule has 1 saturated heterocycles. The fourth-order valence-corrected chi connectivity index (χ4v) is 2.73. The number of carbonyl (C=O) groups is 2. The topological polar surface area (TPSA) is 92.9 Å². The van der Waals surface area contributed by atoms with E-state index in [9.17, 15) is 14.7 Å². The highest BCUT2D eigenvalue weighted by atomic mass is 16.5. The van der Waals surface area contributed by atoms with Crippen LogP contribution in [0.4, 0.5) is 0 Å². The van der Waals surface area contributed by atoms with Crippen LogP contribution in [0.2, 0.25) is 0 Å². The van der Waals surface area contributed by atoms with E-state index in [1.807, 2.05) is 6.92 Å². The van der Waals surface area contributed by atoms with Gasteiger partial charge in [-0.15, -0.1) is 0 Å². The fraction of sp³-hybridized carbons (Fsp3) is 0.353. The van der Waals surface area contributed by atoms with Gasteiger partial charge in [0, 0.05) is 31.6 Å². The molecule has 24 heavy (non-hydrogen) atoms. The van der Waals surface area contributed by atoms with E-state index in [-0.39, 0.29) is 37.6 Å². The number of ether oxygens (including phenoxy) is 1. The Kier molecular flexibility index (Phi) is 4.24. The summed E-state index contributed by atoms with van der Waals surface area (Å²) >= 11 is 0. The Labute approximate surface area is 138 Å². The first-order valence-corrected chi connectivity index (χ1v) is 7.68. The van der Waals surface area contributed by atoms with Crippen LogP contribution in [0.25, 0.3) is 0 Å². The highest BCUT2D eigenvalue weighted by Crippen LogP contribution is 2.29. The number of aromatic nitrogens is 1. The summed E-state index contributed by atoms with van der Waals surface area (Å²) in [5, 5.41) is 9.65. The molecule has 1 aliphatic rings. The molecule has 0 spiro atoms. The maximum Gasteiger partial charge on any atom is 0.348 e. The first-order chi connectivity index (χ1) is 11.5. The third kappa shape index (κ3) is 3.10. The number of amides is 1. The van der Waals surface area contributed by atoms with E-state index in [2.05, 4.69) is 4.98 Å². The zero-order chi connectivity index (χ0) is 17.2. The molecule has 0 aliphatic carbocycles. The van der Waals surface area contributed by atoms with Crippen molar-refractivity contribution in [2.75, 3.05) is 13.1 Å². The van der Waals surface area contributed by atoms with Crippen molar-refractivity contribution in [2.45, 2.75) is 25.4 Å². The van der Waals surface area contributed by atoms with Crippen molar-refractivity contribution < 1.29 is 23.8 Å². The molecule has 0 unspecified atom stereocenters. The molecule has 2 aromatic rings. The predicted molar refractivity (Wildman–Crippen MR) is 83.8 cm³/mol. The summed E-state index contributed by atoms with van der Waals surface area (Å²) in [6, 6.07) is 6.70. The van der Waals surface area contributed by atoms with Crippen LogP contribution in [0.5, 0.6) is 5.75 Å². The molecule has 1 amide bonds. The molecule has 7 heteroatoms. The maximum absolute atomic E-state index is 12.3. The summed E-state index contributed by atoms with van der Waals surface area (Å²) in [6.07, 6.45) is 3.35. The maximum atomic E-state index is 12.3. The molecule has 1 fully saturated rings. The van der Waals surface area contributed by atoms with Crippen molar-refractivity contribution in [2.24, 2.45) is 0 Å². The average molecular weight is 330 g/mol.